The molecule has 0 aromatic heterocycles. The van der Waals surface area contributed by atoms with Crippen molar-refractivity contribution in [2.75, 3.05) is 6.54 Å². The van der Waals surface area contributed by atoms with Crippen LogP contribution in [0.2, 0.25) is 0 Å². The van der Waals surface area contributed by atoms with Gasteiger partial charge in [0.25, 0.3) is 5.91 Å². The van der Waals surface area contributed by atoms with Crippen LogP contribution in [0.3, 0.4) is 0 Å². The van der Waals surface area contributed by atoms with Crippen LogP contribution in [0.5, 0.6) is 0 Å². The van der Waals surface area contributed by atoms with E-state index in [0.29, 0.717) is 11.3 Å². The number of amides is 1. The summed E-state index contributed by atoms with van der Waals surface area (Å²) in [5.41, 5.74) is 1.82. The second-order valence-corrected chi connectivity index (χ2v) is 4.13. The van der Waals surface area contributed by atoms with Gasteiger partial charge in [-0.3, -0.25) is 4.79 Å². The summed E-state index contributed by atoms with van der Waals surface area (Å²) < 4.78 is 12.8. The highest BCUT2D eigenvalue weighted by Gasteiger charge is 2.26. The van der Waals surface area contributed by atoms with Gasteiger partial charge in [0.05, 0.1) is 30.3 Å². The highest BCUT2D eigenvalue weighted by atomic mass is 19.1. The minimum atomic E-state index is -0.319. The van der Waals surface area contributed by atoms with Crippen molar-refractivity contribution in [1.82, 2.24) is 5.01 Å². The van der Waals surface area contributed by atoms with Crippen molar-refractivity contribution in [3.8, 4) is 6.07 Å². The molecule has 0 N–H and O–H groups in total. The van der Waals surface area contributed by atoms with Crippen LogP contribution in [-0.4, -0.2) is 23.2 Å². The van der Waals surface area contributed by atoms with Gasteiger partial charge in [-0.25, -0.2) is 9.40 Å². The van der Waals surface area contributed by atoms with E-state index in [4.69, 9.17) is 5.26 Å². The summed E-state index contributed by atoms with van der Waals surface area (Å²) in [4.78, 5) is 12.1. The van der Waals surface area contributed by atoms with E-state index in [2.05, 4.69) is 5.10 Å². The van der Waals surface area contributed by atoms with Crippen LogP contribution in [0, 0.1) is 17.1 Å². The first kappa shape index (κ1) is 13.0. The number of halogens is 1. The summed E-state index contributed by atoms with van der Waals surface area (Å²) in [6.07, 6.45) is 1.92. The molecule has 0 saturated carbocycles. The monoisotopic (exact) mass is 257 g/mol. The lowest BCUT2D eigenvalue weighted by Crippen LogP contribution is -2.22. The molecule has 0 radical (unpaired) electrons. The lowest BCUT2D eigenvalue weighted by Gasteiger charge is -2.08. The zero-order valence-electron chi connectivity index (χ0n) is 10.4. The number of benzene rings is 1. The Morgan fingerprint density at radius 3 is 2.74 bits per heavy atom. The molecule has 0 bridgehead atoms. The Labute approximate surface area is 110 Å². The molecule has 5 heteroatoms. The van der Waals surface area contributed by atoms with Gasteiger partial charge in [-0.05, 0) is 30.7 Å². The second kappa shape index (κ2) is 5.44. The fraction of sp³-hybridized carbons (Fsp3) is 0.214. The van der Waals surface area contributed by atoms with E-state index in [1.54, 1.807) is 25.1 Å². The Hall–Kier alpha value is -2.48. The van der Waals surface area contributed by atoms with Gasteiger partial charge in [0.2, 0.25) is 0 Å². The number of hydrazone groups is 1. The maximum atomic E-state index is 12.8. The van der Waals surface area contributed by atoms with Gasteiger partial charge in [-0.1, -0.05) is 12.1 Å². The largest absolute Gasteiger partial charge is 0.275 e. The Kier molecular flexibility index (Phi) is 3.71. The Morgan fingerprint density at radius 1 is 1.42 bits per heavy atom. The summed E-state index contributed by atoms with van der Waals surface area (Å²) in [5, 5.41) is 13.9. The molecule has 1 aliphatic heterocycles. The number of rotatable bonds is 3. The molecule has 1 aromatic rings. The van der Waals surface area contributed by atoms with Crippen LogP contribution in [0.1, 0.15) is 18.9 Å². The minimum Gasteiger partial charge on any atom is -0.267 e. The first-order valence-corrected chi connectivity index (χ1v) is 5.83. The zero-order valence-corrected chi connectivity index (χ0v) is 10.4. The van der Waals surface area contributed by atoms with Crippen LogP contribution in [0.25, 0.3) is 6.08 Å². The first-order chi connectivity index (χ1) is 9.11. The molecular weight excluding hydrogens is 245 g/mol. The average Bonchev–Trinajstić information content (AvgIpc) is 2.66. The summed E-state index contributed by atoms with van der Waals surface area (Å²) in [6.45, 7) is 2.02. The van der Waals surface area contributed by atoms with Gasteiger partial charge in [0.1, 0.15) is 5.82 Å². The van der Waals surface area contributed by atoms with Crippen LogP contribution in [-0.2, 0) is 4.79 Å². The van der Waals surface area contributed by atoms with Crippen molar-refractivity contribution in [1.29, 1.82) is 5.26 Å². The molecule has 0 atom stereocenters. The molecule has 2 rings (SSSR count). The summed E-state index contributed by atoms with van der Waals surface area (Å²) in [7, 11) is 0. The molecule has 0 fully saturated rings. The molecule has 0 aliphatic carbocycles. The fourth-order valence-electron chi connectivity index (χ4n) is 1.77. The number of nitrogens with zero attached hydrogens (tertiary/aromatic N) is 3. The summed E-state index contributed by atoms with van der Waals surface area (Å²) in [5.74, 6) is -0.544. The van der Waals surface area contributed by atoms with E-state index in [1.165, 1.54) is 17.1 Å². The first-order valence-electron chi connectivity index (χ1n) is 5.83. The predicted octanol–water partition coefficient (Wildman–Crippen LogP) is 2.34. The summed E-state index contributed by atoms with van der Waals surface area (Å²) in [6, 6.07) is 7.85. The SMILES string of the molecule is CC1=NN(CCC#N)C(=O)/C1=C\c1ccc(F)cc1. The molecule has 1 aromatic carbocycles. The van der Waals surface area contributed by atoms with Crippen molar-refractivity contribution < 1.29 is 9.18 Å². The third-order valence-electron chi connectivity index (χ3n) is 2.74. The van der Waals surface area contributed by atoms with Crippen molar-refractivity contribution in [2.24, 2.45) is 5.10 Å². The van der Waals surface area contributed by atoms with Gasteiger partial charge >= 0.3 is 0 Å². The third kappa shape index (κ3) is 2.86. The molecule has 4 nitrogen and oxygen atoms in total. The number of nitriles is 1. The van der Waals surface area contributed by atoms with Gasteiger partial charge in [0.15, 0.2) is 0 Å². The zero-order chi connectivity index (χ0) is 13.8. The molecule has 96 valence electrons. The fourth-order valence-corrected chi connectivity index (χ4v) is 1.77. The van der Waals surface area contributed by atoms with Crippen molar-refractivity contribution in [2.45, 2.75) is 13.3 Å². The normalized spacial score (nSPS) is 16.7. The van der Waals surface area contributed by atoms with E-state index in [1.807, 2.05) is 6.07 Å². The van der Waals surface area contributed by atoms with Crippen LogP contribution >= 0.6 is 0 Å². The second-order valence-electron chi connectivity index (χ2n) is 4.13. The standard InChI is InChI=1S/C14H12FN3O/c1-10-13(9-11-3-5-12(15)6-4-11)14(19)18(17-10)8-2-7-16/h3-6,9H,2,8H2,1H3/b13-9-. The van der Waals surface area contributed by atoms with Gasteiger partial charge in [-0.15, -0.1) is 0 Å². The quantitative estimate of drug-likeness (QED) is 0.780. The van der Waals surface area contributed by atoms with E-state index in [0.717, 1.165) is 5.56 Å². The Bertz CT molecular complexity index is 596. The minimum absolute atomic E-state index is 0.225. The van der Waals surface area contributed by atoms with Crippen molar-refractivity contribution in [3.63, 3.8) is 0 Å². The van der Waals surface area contributed by atoms with Crippen LogP contribution < -0.4 is 0 Å². The predicted molar refractivity (Wildman–Crippen MR) is 69.4 cm³/mol. The molecule has 19 heavy (non-hydrogen) atoms. The Morgan fingerprint density at radius 2 is 2.11 bits per heavy atom. The van der Waals surface area contributed by atoms with E-state index >= 15 is 0 Å². The average molecular weight is 257 g/mol. The van der Waals surface area contributed by atoms with Crippen LogP contribution in [0.4, 0.5) is 4.39 Å². The number of carbonyl (C=O) groups is 1. The molecular formula is C14H12FN3O. The lowest BCUT2D eigenvalue weighted by atomic mass is 10.1. The van der Waals surface area contributed by atoms with Crippen molar-refractivity contribution >= 4 is 17.7 Å². The van der Waals surface area contributed by atoms with Crippen molar-refractivity contribution in [3.05, 3.63) is 41.2 Å². The molecule has 0 saturated heterocycles. The van der Waals surface area contributed by atoms with E-state index < -0.39 is 0 Å². The maximum absolute atomic E-state index is 12.8. The highest BCUT2D eigenvalue weighted by molar-refractivity contribution is 6.26. The van der Waals surface area contributed by atoms with E-state index in [9.17, 15) is 9.18 Å². The summed E-state index contributed by atoms with van der Waals surface area (Å²) >= 11 is 0. The molecule has 0 spiro atoms. The topological polar surface area (TPSA) is 56.5 Å². The molecule has 0 unspecified atom stereocenters. The number of hydrogen-bond donors (Lipinski definition) is 0. The smallest absolute Gasteiger partial charge is 0.267 e. The maximum Gasteiger partial charge on any atom is 0.275 e. The Balaban J connectivity index is 2.22. The van der Waals surface area contributed by atoms with Gasteiger partial charge < -0.3 is 0 Å². The van der Waals surface area contributed by atoms with E-state index in [-0.39, 0.29) is 24.7 Å². The lowest BCUT2D eigenvalue weighted by molar-refractivity contribution is -0.125. The third-order valence-corrected chi connectivity index (χ3v) is 2.74. The number of carbonyl (C=O) groups excluding carboxylic acids is 1. The van der Waals surface area contributed by atoms with Gasteiger partial charge in [0, 0.05) is 0 Å². The molecule has 1 aliphatic rings. The highest BCUT2D eigenvalue weighted by Crippen LogP contribution is 2.18. The molecule has 1 heterocycles. The van der Waals surface area contributed by atoms with Gasteiger partial charge in [-0.2, -0.15) is 10.4 Å². The van der Waals surface area contributed by atoms with Crippen LogP contribution in [0.15, 0.2) is 34.9 Å². The number of hydrogen-bond acceptors (Lipinski definition) is 3. The molecule has 1 amide bonds.